The van der Waals surface area contributed by atoms with E-state index >= 15 is 0 Å². The van der Waals surface area contributed by atoms with Gasteiger partial charge in [-0.25, -0.2) is 9.97 Å². The number of fused-ring (bicyclic) bond motifs is 2. The van der Waals surface area contributed by atoms with Crippen molar-refractivity contribution >= 4 is 65.2 Å². The number of thiazole rings is 2. The number of anilines is 2. The summed E-state index contributed by atoms with van der Waals surface area (Å²) in [5.41, 5.74) is 1.66. The number of aromatic nitrogens is 2. The molecule has 1 atom stereocenters. The second kappa shape index (κ2) is 7.97. The molecule has 4 aromatic rings. The highest BCUT2D eigenvalue weighted by Gasteiger charge is 2.35. The number of hydrogen-bond donors (Lipinski definition) is 2. The Hall–Kier alpha value is -3.10. The lowest BCUT2D eigenvalue weighted by molar-refractivity contribution is -0.130. The Morgan fingerprint density at radius 1 is 0.867 bits per heavy atom. The molecular weight excluding hydrogens is 416 g/mol. The molecule has 0 aliphatic heterocycles. The zero-order valence-corrected chi connectivity index (χ0v) is 17.5. The summed E-state index contributed by atoms with van der Waals surface area (Å²) in [5, 5.41) is 6.72. The first kappa shape index (κ1) is 18.9. The quantitative estimate of drug-likeness (QED) is 0.339. The molecule has 2 amide bonds. The van der Waals surface area contributed by atoms with Crippen molar-refractivity contribution in [3.05, 3.63) is 60.7 Å². The van der Waals surface area contributed by atoms with E-state index in [0.717, 1.165) is 33.3 Å². The SMILES string of the molecule is O=C(Nc1nc2ccccc2s1)C(C(=O)Nc1nc2ccccc2s1)C1C=CCC1. The van der Waals surface area contributed by atoms with E-state index in [4.69, 9.17) is 0 Å². The summed E-state index contributed by atoms with van der Waals surface area (Å²) < 4.78 is 1.98. The van der Waals surface area contributed by atoms with E-state index in [2.05, 4.69) is 20.6 Å². The van der Waals surface area contributed by atoms with Crippen molar-refractivity contribution in [3.8, 4) is 0 Å². The molecule has 0 bridgehead atoms. The molecule has 2 aromatic carbocycles. The highest BCUT2D eigenvalue weighted by Crippen LogP contribution is 2.31. The van der Waals surface area contributed by atoms with Crippen LogP contribution in [0, 0.1) is 11.8 Å². The van der Waals surface area contributed by atoms with Crippen LogP contribution in [0.3, 0.4) is 0 Å². The smallest absolute Gasteiger partial charge is 0.239 e. The van der Waals surface area contributed by atoms with Gasteiger partial charge in [0, 0.05) is 0 Å². The van der Waals surface area contributed by atoms with Crippen LogP contribution in [-0.2, 0) is 9.59 Å². The maximum Gasteiger partial charge on any atom is 0.239 e. The van der Waals surface area contributed by atoms with E-state index in [1.165, 1.54) is 22.7 Å². The Morgan fingerprint density at radius 2 is 1.40 bits per heavy atom. The van der Waals surface area contributed by atoms with E-state index in [0.29, 0.717) is 10.3 Å². The molecule has 0 saturated heterocycles. The minimum absolute atomic E-state index is 0.145. The molecule has 5 rings (SSSR count). The molecule has 0 fully saturated rings. The minimum atomic E-state index is -0.845. The Labute approximate surface area is 180 Å². The lowest BCUT2D eigenvalue weighted by atomic mass is 9.90. The summed E-state index contributed by atoms with van der Waals surface area (Å²) in [5.74, 6) is -1.68. The van der Waals surface area contributed by atoms with Gasteiger partial charge in [0.05, 0.1) is 20.4 Å². The topological polar surface area (TPSA) is 84.0 Å². The summed E-state index contributed by atoms with van der Waals surface area (Å²) >= 11 is 2.80. The third-order valence-electron chi connectivity index (χ3n) is 5.09. The number of amides is 2. The molecule has 0 spiro atoms. The van der Waals surface area contributed by atoms with Crippen molar-refractivity contribution in [2.24, 2.45) is 11.8 Å². The fraction of sp³-hybridized carbons (Fsp3) is 0.182. The Bertz CT molecular complexity index is 1120. The van der Waals surface area contributed by atoms with Crippen LogP contribution >= 0.6 is 22.7 Å². The Morgan fingerprint density at radius 3 is 1.87 bits per heavy atom. The van der Waals surface area contributed by atoms with Crippen molar-refractivity contribution in [2.45, 2.75) is 12.8 Å². The van der Waals surface area contributed by atoms with E-state index in [1.807, 2.05) is 60.7 Å². The van der Waals surface area contributed by atoms with Gasteiger partial charge in [-0.1, -0.05) is 59.1 Å². The fourth-order valence-electron chi connectivity index (χ4n) is 3.66. The molecule has 2 heterocycles. The van der Waals surface area contributed by atoms with Crippen LogP contribution in [-0.4, -0.2) is 21.8 Å². The van der Waals surface area contributed by atoms with Gasteiger partial charge in [-0.05, 0) is 43.0 Å². The summed E-state index contributed by atoms with van der Waals surface area (Å²) in [6.45, 7) is 0. The number of rotatable bonds is 5. The lowest BCUT2D eigenvalue weighted by Crippen LogP contribution is -2.38. The van der Waals surface area contributed by atoms with E-state index in [9.17, 15) is 9.59 Å². The predicted molar refractivity (Wildman–Crippen MR) is 122 cm³/mol. The number of nitrogens with one attached hydrogen (secondary N) is 2. The average molecular weight is 435 g/mol. The molecular formula is C22H18N4O2S2. The molecule has 2 N–H and O–H groups in total. The number of carbonyl (C=O) groups is 2. The molecule has 0 saturated carbocycles. The van der Waals surface area contributed by atoms with Gasteiger partial charge in [0.1, 0.15) is 5.92 Å². The summed E-state index contributed by atoms with van der Waals surface area (Å²) in [7, 11) is 0. The number of allylic oxidation sites excluding steroid dienone is 2. The number of hydrogen-bond acceptors (Lipinski definition) is 6. The number of para-hydroxylation sites is 2. The second-order valence-corrected chi connectivity index (χ2v) is 9.16. The highest BCUT2D eigenvalue weighted by molar-refractivity contribution is 7.22. The van der Waals surface area contributed by atoms with Gasteiger partial charge in [0.25, 0.3) is 0 Å². The van der Waals surface area contributed by atoms with Crippen LogP contribution in [0.2, 0.25) is 0 Å². The van der Waals surface area contributed by atoms with Crippen LogP contribution < -0.4 is 10.6 Å². The molecule has 8 heteroatoms. The summed E-state index contributed by atoms with van der Waals surface area (Å²) in [6.07, 6.45) is 5.61. The van der Waals surface area contributed by atoms with Gasteiger partial charge >= 0.3 is 0 Å². The van der Waals surface area contributed by atoms with E-state index < -0.39 is 5.92 Å². The Balaban J connectivity index is 1.38. The molecule has 1 aliphatic rings. The van der Waals surface area contributed by atoms with E-state index in [-0.39, 0.29) is 17.7 Å². The fourth-order valence-corrected chi connectivity index (χ4v) is 5.40. The van der Waals surface area contributed by atoms with Crippen molar-refractivity contribution in [2.75, 3.05) is 10.6 Å². The van der Waals surface area contributed by atoms with Crippen LogP contribution in [0.5, 0.6) is 0 Å². The minimum Gasteiger partial charge on any atom is -0.301 e. The number of benzene rings is 2. The number of carbonyl (C=O) groups excluding carboxylic acids is 2. The maximum absolute atomic E-state index is 13.1. The van der Waals surface area contributed by atoms with Gasteiger partial charge in [0.15, 0.2) is 10.3 Å². The standard InChI is InChI=1S/C22H18N4O2S2/c27-19(25-21-23-14-9-3-5-11-16(14)29-21)18(13-7-1-2-8-13)20(28)26-22-24-15-10-4-6-12-17(15)30-22/h1,3-7,9-13,18H,2,8H2,(H,23,25,27)(H,24,26,28). The van der Waals surface area contributed by atoms with Crippen LogP contribution in [0.25, 0.3) is 20.4 Å². The monoisotopic (exact) mass is 434 g/mol. The first-order chi connectivity index (χ1) is 14.7. The highest BCUT2D eigenvalue weighted by atomic mass is 32.1. The van der Waals surface area contributed by atoms with Crippen molar-refractivity contribution in [3.63, 3.8) is 0 Å². The van der Waals surface area contributed by atoms with Crippen molar-refractivity contribution < 1.29 is 9.59 Å². The van der Waals surface area contributed by atoms with Crippen LogP contribution in [0.15, 0.2) is 60.7 Å². The molecule has 6 nitrogen and oxygen atoms in total. The van der Waals surface area contributed by atoms with Crippen LogP contribution in [0.4, 0.5) is 10.3 Å². The zero-order valence-electron chi connectivity index (χ0n) is 15.9. The zero-order chi connectivity index (χ0) is 20.5. The molecule has 30 heavy (non-hydrogen) atoms. The Kier molecular flexibility index (Phi) is 5.02. The maximum atomic E-state index is 13.1. The molecule has 150 valence electrons. The lowest BCUT2D eigenvalue weighted by Gasteiger charge is -2.19. The average Bonchev–Trinajstić information content (AvgIpc) is 3.46. The van der Waals surface area contributed by atoms with Gasteiger partial charge in [-0.2, -0.15) is 0 Å². The predicted octanol–water partition coefficient (Wildman–Crippen LogP) is 5.07. The molecule has 1 unspecified atom stereocenters. The van der Waals surface area contributed by atoms with Gasteiger partial charge in [-0.15, -0.1) is 0 Å². The van der Waals surface area contributed by atoms with E-state index in [1.54, 1.807) is 0 Å². The first-order valence-electron chi connectivity index (χ1n) is 9.67. The second-order valence-electron chi connectivity index (χ2n) is 7.10. The largest absolute Gasteiger partial charge is 0.301 e. The van der Waals surface area contributed by atoms with Crippen molar-refractivity contribution in [1.29, 1.82) is 0 Å². The third-order valence-corrected chi connectivity index (χ3v) is 6.99. The van der Waals surface area contributed by atoms with Gasteiger partial charge < -0.3 is 10.6 Å². The van der Waals surface area contributed by atoms with Crippen molar-refractivity contribution in [1.82, 2.24) is 9.97 Å². The number of nitrogens with zero attached hydrogens (tertiary/aromatic N) is 2. The summed E-state index contributed by atoms with van der Waals surface area (Å²) in [4.78, 5) is 35.2. The molecule has 0 radical (unpaired) electrons. The molecule has 1 aliphatic carbocycles. The molecule has 2 aromatic heterocycles. The third kappa shape index (κ3) is 3.71. The van der Waals surface area contributed by atoms with Gasteiger partial charge in [-0.3, -0.25) is 9.59 Å². The first-order valence-corrected chi connectivity index (χ1v) is 11.3. The van der Waals surface area contributed by atoms with Crippen LogP contribution in [0.1, 0.15) is 12.8 Å². The van der Waals surface area contributed by atoms with Gasteiger partial charge in [0.2, 0.25) is 11.8 Å². The summed E-state index contributed by atoms with van der Waals surface area (Å²) in [6, 6.07) is 15.4. The normalized spacial score (nSPS) is 15.8.